The van der Waals surface area contributed by atoms with Crippen LogP contribution in [0.25, 0.3) is 0 Å². The predicted octanol–water partition coefficient (Wildman–Crippen LogP) is 5.12. The molecule has 0 heterocycles. The zero-order chi connectivity index (χ0) is 19.2. The Labute approximate surface area is 126 Å². The van der Waals surface area contributed by atoms with Crippen LogP contribution in [0.3, 0.4) is 0 Å². The fourth-order valence-electron chi connectivity index (χ4n) is 1.67. The third-order valence-corrected chi connectivity index (χ3v) is 2.98. The Kier molecular flexibility index (Phi) is 4.57. The van der Waals surface area contributed by atoms with E-state index in [1.54, 1.807) is 0 Å². The van der Waals surface area contributed by atoms with Crippen molar-refractivity contribution >= 4 is 0 Å². The number of rotatable bonds is 3. The Bertz CT molecular complexity index is 619. The first-order valence-electron chi connectivity index (χ1n) is 5.62. The number of halogens is 11. The summed E-state index contributed by atoms with van der Waals surface area (Å²) in [5.41, 5.74) is -9.91. The van der Waals surface area contributed by atoms with Crippen LogP contribution in [0.1, 0.15) is 11.1 Å². The first-order valence-corrected chi connectivity index (χ1v) is 5.62. The molecule has 0 N–H and O–H groups in total. The molecule has 0 aliphatic rings. The molecule has 1 nitrogen and oxygen atoms in total. The largest absolute Gasteiger partial charge is 0.438 e. The van der Waals surface area contributed by atoms with Gasteiger partial charge in [0, 0.05) is 5.56 Å². The highest BCUT2D eigenvalue weighted by Crippen LogP contribution is 2.61. The van der Waals surface area contributed by atoms with Crippen LogP contribution in [-0.4, -0.2) is 23.9 Å². The van der Waals surface area contributed by atoms with E-state index in [-0.39, 0.29) is 12.1 Å². The summed E-state index contributed by atoms with van der Waals surface area (Å²) < 4.78 is 141. The van der Waals surface area contributed by atoms with Crippen molar-refractivity contribution < 1.29 is 48.3 Å². The van der Waals surface area contributed by atoms with E-state index >= 15 is 0 Å². The van der Waals surface area contributed by atoms with Crippen LogP contribution in [-0.2, 0) is 5.92 Å². The lowest BCUT2D eigenvalue weighted by atomic mass is 9.87. The number of nitriles is 1. The minimum Gasteiger partial charge on any atom is -0.216 e. The van der Waals surface area contributed by atoms with Crippen LogP contribution < -0.4 is 0 Å². The van der Waals surface area contributed by atoms with E-state index in [9.17, 15) is 48.3 Å². The molecule has 0 aromatic heterocycles. The molecule has 1 rings (SSSR count). The number of benzene rings is 1. The molecule has 0 saturated carbocycles. The van der Waals surface area contributed by atoms with Crippen molar-refractivity contribution in [3.8, 4) is 6.07 Å². The average molecular weight is 371 g/mol. The van der Waals surface area contributed by atoms with Gasteiger partial charge in [-0.3, -0.25) is 0 Å². The lowest BCUT2D eigenvalue weighted by Gasteiger charge is -2.39. The van der Waals surface area contributed by atoms with Gasteiger partial charge in [0.2, 0.25) is 0 Å². The zero-order valence-electron chi connectivity index (χ0n) is 10.9. The van der Waals surface area contributed by atoms with Gasteiger partial charge in [0.25, 0.3) is 0 Å². The van der Waals surface area contributed by atoms with E-state index in [4.69, 9.17) is 5.26 Å². The normalized spacial score (nSPS) is 14.4. The van der Waals surface area contributed by atoms with Crippen LogP contribution in [0.4, 0.5) is 48.3 Å². The van der Waals surface area contributed by atoms with Crippen LogP contribution >= 0.6 is 0 Å². The Morgan fingerprint density at radius 1 is 0.667 bits per heavy atom. The SMILES string of the molecule is N#Cc1ccc(C(F)(F)C(F)(F)C(F)(C(F)(F)F)C(F)(F)F)cc1. The molecular weight excluding hydrogens is 367 g/mol. The van der Waals surface area contributed by atoms with Crippen LogP contribution in [0.15, 0.2) is 24.3 Å². The topological polar surface area (TPSA) is 23.8 Å². The van der Waals surface area contributed by atoms with Gasteiger partial charge in [-0.05, 0) is 12.1 Å². The molecule has 1 aromatic rings. The molecule has 0 fully saturated rings. The maximum atomic E-state index is 13.7. The molecule has 12 heteroatoms. The molecule has 0 spiro atoms. The summed E-state index contributed by atoms with van der Waals surface area (Å²) in [5.74, 6) is -13.4. The van der Waals surface area contributed by atoms with Crippen molar-refractivity contribution in [1.29, 1.82) is 5.26 Å². The highest BCUT2D eigenvalue weighted by atomic mass is 19.4. The molecule has 0 atom stereocenters. The summed E-state index contributed by atoms with van der Waals surface area (Å²) in [5, 5.41) is 8.39. The molecule has 0 radical (unpaired) electrons. The third-order valence-electron chi connectivity index (χ3n) is 2.98. The maximum absolute atomic E-state index is 13.7. The standard InChI is InChI=1S/C12H4F11N/c13-8(14,7-3-1-6(5-24)2-4-7)10(16,17)9(15,11(18,19)20)12(21,22)23/h1-4H. The van der Waals surface area contributed by atoms with Crippen molar-refractivity contribution in [1.82, 2.24) is 0 Å². The quantitative estimate of drug-likeness (QED) is 0.677. The van der Waals surface area contributed by atoms with E-state index in [1.807, 2.05) is 0 Å². The second-order valence-corrected chi connectivity index (χ2v) is 4.49. The Morgan fingerprint density at radius 2 is 1.04 bits per heavy atom. The van der Waals surface area contributed by atoms with Crippen molar-refractivity contribution in [2.45, 2.75) is 29.9 Å². The molecular formula is C12H4F11N. The lowest BCUT2D eigenvalue weighted by molar-refractivity contribution is -0.429. The van der Waals surface area contributed by atoms with Gasteiger partial charge in [0.05, 0.1) is 11.6 Å². The average Bonchev–Trinajstić information content (AvgIpc) is 2.43. The van der Waals surface area contributed by atoms with Gasteiger partial charge >= 0.3 is 29.9 Å². The number of alkyl halides is 11. The smallest absolute Gasteiger partial charge is 0.216 e. The van der Waals surface area contributed by atoms with Crippen LogP contribution in [0, 0.1) is 11.3 Å². The molecule has 0 saturated heterocycles. The summed E-state index contributed by atoms with van der Waals surface area (Å²) in [6.07, 6.45) is -14.7. The third kappa shape index (κ3) is 2.65. The van der Waals surface area contributed by atoms with Crippen molar-refractivity contribution in [3.05, 3.63) is 35.4 Å². The summed E-state index contributed by atoms with van der Waals surface area (Å²) in [6.45, 7) is 0. The van der Waals surface area contributed by atoms with E-state index in [2.05, 4.69) is 0 Å². The Morgan fingerprint density at radius 3 is 1.33 bits per heavy atom. The first kappa shape index (κ1) is 20.0. The minimum absolute atomic E-state index is 0.000365. The van der Waals surface area contributed by atoms with E-state index in [1.165, 1.54) is 6.07 Å². The van der Waals surface area contributed by atoms with E-state index in [0.717, 1.165) is 0 Å². The van der Waals surface area contributed by atoms with Gasteiger partial charge in [-0.25, -0.2) is 4.39 Å². The molecule has 0 unspecified atom stereocenters. The predicted molar refractivity (Wildman–Crippen MR) is 55.9 cm³/mol. The molecule has 0 amide bonds. The fraction of sp³-hybridized carbons (Fsp3) is 0.417. The Balaban J connectivity index is 3.60. The molecule has 1 aromatic carbocycles. The van der Waals surface area contributed by atoms with Crippen LogP contribution in [0.5, 0.6) is 0 Å². The zero-order valence-corrected chi connectivity index (χ0v) is 10.9. The number of nitrogens with zero attached hydrogens (tertiary/aromatic N) is 1. The molecule has 0 aliphatic heterocycles. The number of hydrogen-bond donors (Lipinski definition) is 0. The maximum Gasteiger partial charge on any atom is 0.438 e. The van der Waals surface area contributed by atoms with Crippen LogP contribution in [0.2, 0.25) is 0 Å². The van der Waals surface area contributed by atoms with Gasteiger partial charge in [0.1, 0.15) is 0 Å². The van der Waals surface area contributed by atoms with Gasteiger partial charge in [-0.15, -0.1) is 0 Å². The van der Waals surface area contributed by atoms with E-state index < -0.39 is 41.0 Å². The van der Waals surface area contributed by atoms with Gasteiger partial charge in [0.15, 0.2) is 0 Å². The second kappa shape index (κ2) is 5.49. The van der Waals surface area contributed by atoms with Gasteiger partial charge in [-0.1, -0.05) is 12.1 Å². The van der Waals surface area contributed by atoms with Gasteiger partial charge < -0.3 is 0 Å². The lowest BCUT2D eigenvalue weighted by Crippen LogP contribution is -2.69. The Hall–Kier alpha value is -2.06. The van der Waals surface area contributed by atoms with Crippen molar-refractivity contribution in [3.63, 3.8) is 0 Å². The minimum atomic E-state index is -7.50. The van der Waals surface area contributed by atoms with Gasteiger partial charge in [-0.2, -0.15) is 49.2 Å². The monoisotopic (exact) mass is 371 g/mol. The highest BCUT2D eigenvalue weighted by Gasteiger charge is 2.90. The fourth-order valence-corrected chi connectivity index (χ4v) is 1.67. The first-order chi connectivity index (χ1) is 10.5. The van der Waals surface area contributed by atoms with E-state index in [0.29, 0.717) is 12.1 Å². The summed E-state index contributed by atoms with van der Waals surface area (Å²) >= 11 is 0. The molecule has 0 bridgehead atoms. The summed E-state index contributed by atoms with van der Waals surface area (Å²) in [4.78, 5) is 0. The van der Waals surface area contributed by atoms with Crippen molar-refractivity contribution in [2.24, 2.45) is 0 Å². The second-order valence-electron chi connectivity index (χ2n) is 4.49. The summed E-state index contributed by atoms with van der Waals surface area (Å²) in [6, 6.07) is 2.25. The summed E-state index contributed by atoms with van der Waals surface area (Å²) in [7, 11) is 0. The molecule has 134 valence electrons. The highest BCUT2D eigenvalue weighted by molar-refractivity contribution is 5.35. The number of hydrogen-bond acceptors (Lipinski definition) is 1. The van der Waals surface area contributed by atoms with Crippen molar-refractivity contribution in [2.75, 3.05) is 0 Å². The molecule has 0 aliphatic carbocycles. The molecule has 24 heavy (non-hydrogen) atoms.